The van der Waals surface area contributed by atoms with Crippen molar-refractivity contribution >= 4 is 21.9 Å². The Morgan fingerprint density at radius 2 is 1.66 bits per heavy atom. The lowest BCUT2D eigenvalue weighted by atomic mass is 10.0. The van der Waals surface area contributed by atoms with E-state index in [1.165, 1.54) is 12.1 Å². The molecule has 6 nitrogen and oxygen atoms in total. The SMILES string of the molecule is Cc1ccncc1-c1cnc2n[nH]c(-c3cc4c(-c5ccc(F)cc5)cncc4[nH]3)c2c1. The number of aromatic nitrogens is 6. The number of pyridine rings is 3. The molecular weight excluding hydrogens is 403 g/mol. The smallest absolute Gasteiger partial charge is 0.181 e. The number of H-pyrrole nitrogens is 2. The molecule has 0 radical (unpaired) electrons. The number of aromatic amines is 2. The molecule has 0 unspecified atom stereocenters. The van der Waals surface area contributed by atoms with Crippen molar-refractivity contribution in [3.8, 4) is 33.6 Å². The second kappa shape index (κ2) is 7.09. The van der Waals surface area contributed by atoms with Gasteiger partial charge in [-0.3, -0.25) is 15.1 Å². The molecule has 0 atom stereocenters. The Bertz CT molecular complexity index is 1600. The number of rotatable bonds is 3. The van der Waals surface area contributed by atoms with E-state index in [4.69, 9.17) is 0 Å². The summed E-state index contributed by atoms with van der Waals surface area (Å²) in [5.41, 5.74) is 8.23. The lowest BCUT2D eigenvalue weighted by Gasteiger charge is -2.04. The molecule has 7 heteroatoms. The standard InChI is InChI=1S/C25H17FN6/c1-14-6-7-27-11-20(14)16-8-19-24(31-32-25(19)29-10-16)22-9-18-21(12-28-13-23(18)30-22)15-2-4-17(26)5-3-15/h2-13,30H,1H3,(H,29,31,32). The lowest BCUT2D eigenvalue weighted by Crippen LogP contribution is -1.87. The molecule has 0 saturated heterocycles. The quantitative estimate of drug-likeness (QED) is 0.386. The van der Waals surface area contributed by atoms with Gasteiger partial charge in [0.1, 0.15) is 5.82 Å². The van der Waals surface area contributed by atoms with Crippen LogP contribution in [-0.4, -0.2) is 30.1 Å². The molecule has 5 aromatic heterocycles. The highest BCUT2D eigenvalue weighted by Gasteiger charge is 2.15. The van der Waals surface area contributed by atoms with Crippen LogP contribution in [0.1, 0.15) is 5.56 Å². The maximum Gasteiger partial charge on any atom is 0.181 e. The van der Waals surface area contributed by atoms with Gasteiger partial charge in [0.15, 0.2) is 5.65 Å². The molecule has 154 valence electrons. The zero-order valence-corrected chi connectivity index (χ0v) is 17.1. The van der Waals surface area contributed by atoms with Crippen molar-refractivity contribution in [1.29, 1.82) is 0 Å². The van der Waals surface area contributed by atoms with Gasteiger partial charge in [0.2, 0.25) is 0 Å². The number of halogens is 1. The fraction of sp³-hybridized carbons (Fsp3) is 0.0400. The molecule has 6 aromatic rings. The van der Waals surface area contributed by atoms with E-state index in [9.17, 15) is 4.39 Å². The van der Waals surface area contributed by atoms with Gasteiger partial charge in [-0.2, -0.15) is 5.10 Å². The summed E-state index contributed by atoms with van der Waals surface area (Å²) in [4.78, 5) is 16.6. The topological polar surface area (TPSA) is 83.1 Å². The molecule has 0 amide bonds. The van der Waals surface area contributed by atoms with E-state index in [1.807, 2.05) is 18.5 Å². The third-order valence-electron chi connectivity index (χ3n) is 5.73. The number of fused-ring (bicyclic) bond motifs is 2. The summed E-state index contributed by atoms with van der Waals surface area (Å²) in [6, 6.07) is 12.6. The van der Waals surface area contributed by atoms with Crippen molar-refractivity contribution in [1.82, 2.24) is 30.1 Å². The fourth-order valence-corrected chi connectivity index (χ4v) is 4.06. The highest BCUT2D eigenvalue weighted by atomic mass is 19.1. The Morgan fingerprint density at radius 3 is 2.50 bits per heavy atom. The maximum absolute atomic E-state index is 13.4. The maximum atomic E-state index is 13.4. The molecule has 32 heavy (non-hydrogen) atoms. The number of nitrogens with one attached hydrogen (secondary N) is 2. The van der Waals surface area contributed by atoms with Crippen LogP contribution in [0.2, 0.25) is 0 Å². The molecule has 0 fully saturated rings. The number of benzene rings is 1. The summed E-state index contributed by atoms with van der Waals surface area (Å²) in [5, 5.41) is 9.41. The second-order valence-corrected chi connectivity index (χ2v) is 7.72. The van der Waals surface area contributed by atoms with Crippen molar-refractivity contribution < 1.29 is 4.39 Å². The average molecular weight is 420 g/mol. The van der Waals surface area contributed by atoms with Crippen LogP contribution < -0.4 is 0 Å². The normalized spacial score (nSPS) is 11.4. The molecule has 5 heterocycles. The first-order valence-electron chi connectivity index (χ1n) is 10.2. The van der Waals surface area contributed by atoms with Gasteiger partial charge in [-0.15, -0.1) is 0 Å². The molecule has 0 saturated carbocycles. The van der Waals surface area contributed by atoms with Crippen LogP contribution in [0.15, 0.2) is 73.4 Å². The predicted octanol–water partition coefficient (Wildman–Crippen LogP) is 5.68. The fourth-order valence-electron chi connectivity index (χ4n) is 4.06. The van der Waals surface area contributed by atoms with Crippen LogP contribution in [0.3, 0.4) is 0 Å². The summed E-state index contributed by atoms with van der Waals surface area (Å²) < 4.78 is 13.4. The summed E-state index contributed by atoms with van der Waals surface area (Å²) in [7, 11) is 0. The third-order valence-corrected chi connectivity index (χ3v) is 5.73. The minimum atomic E-state index is -0.264. The van der Waals surface area contributed by atoms with E-state index in [1.54, 1.807) is 30.7 Å². The van der Waals surface area contributed by atoms with E-state index in [0.717, 1.165) is 55.5 Å². The Kier molecular flexibility index (Phi) is 4.07. The molecule has 0 aliphatic carbocycles. The number of aryl methyl sites for hydroxylation is 1. The Morgan fingerprint density at radius 1 is 0.812 bits per heavy atom. The van der Waals surface area contributed by atoms with Crippen molar-refractivity contribution in [2.24, 2.45) is 0 Å². The zero-order chi connectivity index (χ0) is 21.7. The van der Waals surface area contributed by atoms with E-state index >= 15 is 0 Å². The highest BCUT2D eigenvalue weighted by Crippen LogP contribution is 2.34. The van der Waals surface area contributed by atoms with Gasteiger partial charge >= 0.3 is 0 Å². The Balaban J connectivity index is 1.51. The van der Waals surface area contributed by atoms with Crippen LogP contribution in [0.4, 0.5) is 4.39 Å². The first kappa shape index (κ1) is 18.4. The van der Waals surface area contributed by atoms with Gasteiger partial charge in [-0.1, -0.05) is 12.1 Å². The van der Waals surface area contributed by atoms with Crippen molar-refractivity contribution in [3.63, 3.8) is 0 Å². The lowest BCUT2D eigenvalue weighted by molar-refractivity contribution is 0.628. The average Bonchev–Trinajstić information content (AvgIpc) is 3.43. The molecule has 2 N–H and O–H groups in total. The van der Waals surface area contributed by atoms with E-state index in [-0.39, 0.29) is 5.82 Å². The van der Waals surface area contributed by atoms with E-state index in [0.29, 0.717) is 5.65 Å². The molecular formula is C25H17FN6. The Labute approximate surface area is 182 Å². The molecule has 1 aromatic carbocycles. The zero-order valence-electron chi connectivity index (χ0n) is 17.1. The van der Waals surface area contributed by atoms with Gasteiger partial charge in [0.25, 0.3) is 0 Å². The number of hydrogen-bond donors (Lipinski definition) is 2. The summed E-state index contributed by atoms with van der Waals surface area (Å²) in [5.74, 6) is -0.264. The van der Waals surface area contributed by atoms with Crippen molar-refractivity contribution in [2.45, 2.75) is 6.92 Å². The van der Waals surface area contributed by atoms with Crippen LogP contribution in [-0.2, 0) is 0 Å². The monoisotopic (exact) mass is 420 g/mol. The summed E-state index contributed by atoms with van der Waals surface area (Å²) >= 11 is 0. The van der Waals surface area contributed by atoms with Crippen LogP contribution in [0.5, 0.6) is 0 Å². The van der Waals surface area contributed by atoms with Crippen LogP contribution in [0.25, 0.3) is 55.6 Å². The van der Waals surface area contributed by atoms with Gasteiger partial charge in [-0.25, -0.2) is 9.37 Å². The van der Waals surface area contributed by atoms with Gasteiger partial charge in [-0.05, 0) is 48.4 Å². The predicted molar refractivity (Wildman–Crippen MR) is 122 cm³/mol. The largest absolute Gasteiger partial charge is 0.352 e. The second-order valence-electron chi connectivity index (χ2n) is 7.72. The highest BCUT2D eigenvalue weighted by molar-refractivity contribution is 6.00. The third kappa shape index (κ3) is 2.94. The minimum absolute atomic E-state index is 0.264. The summed E-state index contributed by atoms with van der Waals surface area (Å²) in [6.07, 6.45) is 9.03. The number of nitrogens with zero attached hydrogens (tertiary/aromatic N) is 4. The molecule has 0 aliphatic rings. The first-order valence-corrected chi connectivity index (χ1v) is 10.2. The van der Waals surface area contributed by atoms with Crippen molar-refractivity contribution in [2.75, 3.05) is 0 Å². The molecule has 0 bridgehead atoms. The van der Waals surface area contributed by atoms with Gasteiger partial charge in [0, 0.05) is 52.3 Å². The van der Waals surface area contributed by atoms with E-state index in [2.05, 4.69) is 49.2 Å². The minimum Gasteiger partial charge on any atom is -0.352 e. The van der Waals surface area contributed by atoms with Crippen molar-refractivity contribution in [3.05, 3.63) is 84.8 Å². The molecule has 6 rings (SSSR count). The molecule has 0 aliphatic heterocycles. The Hall–Kier alpha value is -4.39. The van der Waals surface area contributed by atoms with Gasteiger partial charge < -0.3 is 4.98 Å². The number of hydrogen-bond acceptors (Lipinski definition) is 4. The van der Waals surface area contributed by atoms with Gasteiger partial charge in [0.05, 0.1) is 23.1 Å². The molecule has 0 spiro atoms. The van der Waals surface area contributed by atoms with Crippen LogP contribution >= 0.6 is 0 Å². The first-order chi connectivity index (χ1) is 15.7. The summed E-state index contributed by atoms with van der Waals surface area (Å²) in [6.45, 7) is 2.05. The van der Waals surface area contributed by atoms with E-state index < -0.39 is 0 Å². The van der Waals surface area contributed by atoms with Crippen LogP contribution in [0, 0.1) is 12.7 Å².